The summed E-state index contributed by atoms with van der Waals surface area (Å²) in [7, 11) is 1.75. The minimum Gasteiger partial charge on any atom is -0.399 e. The fraction of sp³-hybridized carbons (Fsp3) is 0.167. The molecule has 0 bridgehead atoms. The van der Waals surface area contributed by atoms with Gasteiger partial charge in [0.25, 0.3) is 5.91 Å². The number of primary amides is 1. The quantitative estimate of drug-likeness (QED) is 0.706. The lowest BCUT2D eigenvalue weighted by molar-refractivity contribution is 0.100. The number of hydrogen-bond donors (Lipinski definition) is 3. The Morgan fingerprint density at radius 3 is 2.50 bits per heavy atom. The molecule has 1 heterocycles. The maximum absolute atomic E-state index is 11.4. The highest BCUT2D eigenvalue weighted by atomic mass is 16.1. The molecule has 0 spiro atoms. The van der Waals surface area contributed by atoms with E-state index in [1.165, 1.54) is 0 Å². The molecule has 1 aromatic carbocycles. The van der Waals surface area contributed by atoms with Crippen molar-refractivity contribution >= 4 is 23.1 Å². The van der Waals surface area contributed by atoms with Gasteiger partial charge in [0.1, 0.15) is 11.4 Å². The van der Waals surface area contributed by atoms with E-state index in [-0.39, 0.29) is 0 Å². The molecular formula is C12H15N5O. The Morgan fingerprint density at radius 1 is 1.33 bits per heavy atom. The van der Waals surface area contributed by atoms with Crippen LogP contribution in [0, 0.1) is 6.92 Å². The molecule has 0 aliphatic heterocycles. The van der Waals surface area contributed by atoms with Crippen molar-refractivity contribution in [2.75, 3.05) is 11.1 Å². The van der Waals surface area contributed by atoms with Gasteiger partial charge in [-0.2, -0.15) is 5.10 Å². The molecule has 18 heavy (non-hydrogen) atoms. The van der Waals surface area contributed by atoms with Gasteiger partial charge >= 0.3 is 0 Å². The number of hydrogen-bond acceptors (Lipinski definition) is 4. The fourth-order valence-electron chi connectivity index (χ4n) is 1.80. The van der Waals surface area contributed by atoms with E-state index in [1.54, 1.807) is 30.8 Å². The number of amides is 1. The first-order valence-electron chi connectivity index (χ1n) is 5.45. The summed E-state index contributed by atoms with van der Waals surface area (Å²) in [6, 6.07) is 7.19. The second-order valence-corrected chi connectivity index (χ2v) is 4.04. The van der Waals surface area contributed by atoms with Crippen molar-refractivity contribution in [1.82, 2.24) is 9.78 Å². The van der Waals surface area contributed by atoms with Crippen LogP contribution in [0.1, 0.15) is 16.1 Å². The Labute approximate surface area is 105 Å². The number of aryl methyl sites for hydroxylation is 2. The van der Waals surface area contributed by atoms with Crippen molar-refractivity contribution in [2.24, 2.45) is 12.8 Å². The molecule has 0 aliphatic carbocycles. The molecular weight excluding hydrogens is 230 g/mol. The van der Waals surface area contributed by atoms with Crippen LogP contribution in [-0.4, -0.2) is 15.7 Å². The molecule has 0 unspecified atom stereocenters. The lowest BCUT2D eigenvalue weighted by Gasteiger charge is -2.08. The Morgan fingerprint density at radius 2 is 1.94 bits per heavy atom. The highest BCUT2D eigenvalue weighted by Gasteiger charge is 2.17. The third-order valence-corrected chi connectivity index (χ3v) is 2.64. The summed E-state index contributed by atoms with van der Waals surface area (Å²) < 4.78 is 1.59. The molecule has 1 aromatic heterocycles. The third-order valence-electron chi connectivity index (χ3n) is 2.64. The Kier molecular flexibility index (Phi) is 2.93. The van der Waals surface area contributed by atoms with Crippen LogP contribution in [0.5, 0.6) is 0 Å². The van der Waals surface area contributed by atoms with E-state index < -0.39 is 5.91 Å². The van der Waals surface area contributed by atoms with Crippen molar-refractivity contribution < 1.29 is 4.79 Å². The van der Waals surface area contributed by atoms with Crippen molar-refractivity contribution in [3.8, 4) is 0 Å². The van der Waals surface area contributed by atoms with Crippen LogP contribution >= 0.6 is 0 Å². The first-order chi connectivity index (χ1) is 8.49. The van der Waals surface area contributed by atoms with Crippen LogP contribution in [0.25, 0.3) is 0 Å². The first-order valence-corrected chi connectivity index (χ1v) is 5.45. The molecule has 0 fully saturated rings. The molecule has 0 radical (unpaired) electrons. The smallest absolute Gasteiger partial charge is 0.254 e. The zero-order valence-electron chi connectivity index (χ0n) is 10.3. The molecule has 2 aromatic rings. The van der Waals surface area contributed by atoms with Crippen LogP contribution < -0.4 is 16.8 Å². The van der Waals surface area contributed by atoms with Crippen molar-refractivity contribution in [3.63, 3.8) is 0 Å². The number of rotatable bonds is 3. The number of nitrogens with one attached hydrogen (secondary N) is 1. The van der Waals surface area contributed by atoms with E-state index >= 15 is 0 Å². The van der Waals surface area contributed by atoms with Crippen LogP contribution in [-0.2, 0) is 7.05 Å². The van der Waals surface area contributed by atoms with E-state index in [1.807, 2.05) is 12.1 Å². The van der Waals surface area contributed by atoms with Gasteiger partial charge in [0.15, 0.2) is 0 Å². The Hall–Kier alpha value is -2.50. The standard InChI is InChI=1S/C12H15N5O/c1-7-10(11(14)18)12(17(2)16-7)15-9-5-3-8(13)4-6-9/h3-6,15H,13H2,1-2H3,(H2,14,18). The van der Waals surface area contributed by atoms with Crippen LogP contribution in [0.15, 0.2) is 24.3 Å². The summed E-state index contributed by atoms with van der Waals surface area (Å²) in [6.07, 6.45) is 0. The van der Waals surface area contributed by atoms with Gasteiger partial charge < -0.3 is 16.8 Å². The van der Waals surface area contributed by atoms with Gasteiger partial charge in [-0.1, -0.05) is 0 Å². The Balaban J connectivity index is 2.39. The summed E-state index contributed by atoms with van der Waals surface area (Å²) in [5.41, 5.74) is 13.5. The maximum atomic E-state index is 11.4. The number of anilines is 3. The largest absolute Gasteiger partial charge is 0.399 e. The maximum Gasteiger partial charge on any atom is 0.254 e. The molecule has 0 aliphatic rings. The molecule has 0 atom stereocenters. The summed E-state index contributed by atoms with van der Waals surface area (Å²) in [6.45, 7) is 1.74. The van der Waals surface area contributed by atoms with Gasteiger partial charge in [-0.05, 0) is 31.2 Å². The lowest BCUT2D eigenvalue weighted by atomic mass is 10.2. The summed E-state index contributed by atoms with van der Waals surface area (Å²) in [4.78, 5) is 11.4. The molecule has 6 heteroatoms. The van der Waals surface area contributed by atoms with Gasteiger partial charge in [-0.3, -0.25) is 9.48 Å². The predicted molar refractivity (Wildman–Crippen MR) is 70.6 cm³/mol. The molecule has 0 saturated carbocycles. The number of nitrogens with zero attached hydrogens (tertiary/aromatic N) is 2. The van der Waals surface area contributed by atoms with Gasteiger partial charge in [0.2, 0.25) is 0 Å². The highest BCUT2D eigenvalue weighted by Crippen LogP contribution is 2.23. The second kappa shape index (κ2) is 4.40. The SMILES string of the molecule is Cc1nn(C)c(Nc2ccc(N)cc2)c1C(N)=O. The topological polar surface area (TPSA) is 99.0 Å². The summed E-state index contributed by atoms with van der Waals surface area (Å²) in [5, 5.41) is 7.29. The van der Waals surface area contributed by atoms with Gasteiger partial charge in [-0.25, -0.2) is 0 Å². The second-order valence-electron chi connectivity index (χ2n) is 4.04. The van der Waals surface area contributed by atoms with Crippen LogP contribution in [0.4, 0.5) is 17.2 Å². The zero-order valence-corrected chi connectivity index (χ0v) is 10.3. The Bertz CT molecular complexity index is 585. The molecule has 5 N–H and O–H groups in total. The highest BCUT2D eigenvalue weighted by molar-refractivity contribution is 5.99. The minimum atomic E-state index is -0.501. The summed E-state index contributed by atoms with van der Waals surface area (Å²) >= 11 is 0. The summed E-state index contributed by atoms with van der Waals surface area (Å²) in [5.74, 6) is 0.0725. The van der Waals surface area contributed by atoms with Crippen molar-refractivity contribution in [1.29, 1.82) is 0 Å². The molecule has 94 valence electrons. The number of benzene rings is 1. The molecule has 6 nitrogen and oxygen atoms in total. The van der Waals surface area contributed by atoms with E-state index in [9.17, 15) is 4.79 Å². The van der Waals surface area contributed by atoms with E-state index in [0.29, 0.717) is 22.8 Å². The normalized spacial score (nSPS) is 10.3. The number of aromatic nitrogens is 2. The average molecular weight is 245 g/mol. The number of carbonyl (C=O) groups excluding carboxylic acids is 1. The van der Waals surface area contributed by atoms with Crippen LogP contribution in [0.3, 0.4) is 0 Å². The number of carbonyl (C=O) groups is 1. The van der Waals surface area contributed by atoms with Crippen molar-refractivity contribution in [3.05, 3.63) is 35.5 Å². The number of nitrogens with two attached hydrogens (primary N) is 2. The van der Waals surface area contributed by atoms with Gasteiger partial charge in [0, 0.05) is 18.4 Å². The van der Waals surface area contributed by atoms with Gasteiger partial charge in [-0.15, -0.1) is 0 Å². The minimum absolute atomic E-state index is 0.398. The van der Waals surface area contributed by atoms with E-state index in [0.717, 1.165) is 5.69 Å². The van der Waals surface area contributed by atoms with E-state index in [2.05, 4.69) is 10.4 Å². The molecule has 2 rings (SSSR count). The lowest BCUT2D eigenvalue weighted by Crippen LogP contribution is -2.14. The predicted octanol–water partition coefficient (Wildman–Crippen LogP) is 1.15. The first kappa shape index (κ1) is 12.0. The van der Waals surface area contributed by atoms with Gasteiger partial charge in [0.05, 0.1) is 5.69 Å². The van der Waals surface area contributed by atoms with Crippen LogP contribution in [0.2, 0.25) is 0 Å². The van der Waals surface area contributed by atoms with E-state index in [4.69, 9.17) is 11.5 Å². The third kappa shape index (κ3) is 2.13. The zero-order chi connectivity index (χ0) is 13.3. The molecule has 0 saturated heterocycles. The fourth-order valence-corrected chi connectivity index (χ4v) is 1.80. The van der Waals surface area contributed by atoms with Crippen molar-refractivity contribution in [2.45, 2.75) is 6.92 Å². The number of nitrogen functional groups attached to an aromatic ring is 1. The average Bonchev–Trinajstić information content (AvgIpc) is 2.57. The molecule has 1 amide bonds. The monoisotopic (exact) mass is 245 g/mol.